The van der Waals surface area contributed by atoms with Gasteiger partial charge in [-0.1, -0.05) is 0 Å². The molecule has 0 radical (unpaired) electrons. The number of hydrogen-bond donors (Lipinski definition) is 3. The van der Waals surface area contributed by atoms with Gasteiger partial charge in [0.2, 0.25) is 0 Å². The van der Waals surface area contributed by atoms with Crippen molar-refractivity contribution in [3.8, 4) is 11.3 Å². The molecule has 0 spiro atoms. The minimum Gasteiger partial charge on any atom is -0.391 e. The van der Waals surface area contributed by atoms with Gasteiger partial charge in [-0.05, 0) is 37.2 Å². The lowest BCUT2D eigenvalue weighted by Crippen LogP contribution is -2.23. The number of aliphatic hydroxyl groups excluding tert-OH is 1. The number of hydrogen-bond acceptors (Lipinski definition) is 4. The van der Waals surface area contributed by atoms with Crippen LogP contribution in [0.5, 0.6) is 0 Å². The first-order valence-electron chi connectivity index (χ1n) is 6.86. The van der Waals surface area contributed by atoms with Crippen molar-refractivity contribution in [1.82, 2.24) is 15.5 Å². The predicted octanol–water partition coefficient (Wildman–Crippen LogP) is 1.70. The van der Waals surface area contributed by atoms with E-state index in [9.17, 15) is 9.50 Å². The van der Waals surface area contributed by atoms with Gasteiger partial charge in [-0.3, -0.25) is 5.10 Å². The number of H-pyrrole nitrogens is 1. The molecule has 0 fully saturated rings. The van der Waals surface area contributed by atoms with Gasteiger partial charge in [0, 0.05) is 24.8 Å². The van der Waals surface area contributed by atoms with Crippen molar-refractivity contribution < 1.29 is 14.2 Å². The van der Waals surface area contributed by atoms with Gasteiger partial charge in [0.05, 0.1) is 24.6 Å². The molecule has 0 bridgehead atoms. The van der Waals surface area contributed by atoms with Crippen LogP contribution in [-0.2, 0) is 11.3 Å². The topological polar surface area (TPSA) is 70.2 Å². The Labute approximate surface area is 123 Å². The fourth-order valence-electron chi connectivity index (χ4n) is 2.08. The average molecular weight is 293 g/mol. The molecule has 6 heteroatoms. The summed E-state index contributed by atoms with van der Waals surface area (Å²) in [4.78, 5) is 0. The molecule has 1 atom stereocenters. The summed E-state index contributed by atoms with van der Waals surface area (Å²) in [6.45, 7) is 1.65. The summed E-state index contributed by atoms with van der Waals surface area (Å²) in [5.41, 5.74) is 2.77. The van der Waals surface area contributed by atoms with Gasteiger partial charge in [-0.15, -0.1) is 0 Å². The van der Waals surface area contributed by atoms with Gasteiger partial charge < -0.3 is 15.2 Å². The van der Waals surface area contributed by atoms with E-state index in [2.05, 4.69) is 15.5 Å². The van der Waals surface area contributed by atoms with Gasteiger partial charge in [0.1, 0.15) is 5.82 Å². The number of aromatic amines is 1. The molecule has 3 N–H and O–H groups in total. The van der Waals surface area contributed by atoms with E-state index in [0.717, 1.165) is 16.8 Å². The lowest BCUT2D eigenvalue weighted by Gasteiger charge is -2.10. The fraction of sp³-hybridized carbons (Fsp3) is 0.400. The standard InChI is InChI=1S/C15H20FN3O2/c1-21-10-14(20)6-7-17-8-12-9-18-19-15(12)11-2-4-13(16)5-3-11/h2-5,9,14,17,20H,6-8,10H2,1H3,(H,18,19). The van der Waals surface area contributed by atoms with E-state index >= 15 is 0 Å². The SMILES string of the molecule is COCC(O)CCNCc1cn[nH]c1-c1ccc(F)cc1. The van der Waals surface area contributed by atoms with Crippen LogP contribution >= 0.6 is 0 Å². The molecule has 1 heterocycles. The highest BCUT2D eigenvalue weighted by Gasteiger charge is 2.08. The van der Waals surface area contributed by atoms with Crippen LogP contribution in [0.2, 0.25) is 0 Å². The zero-order chi connectivity index (χ0) is 15.1. The second-order valence-electron chi connectivity index (χ2n) is 4.85. The van der Waals surface area contributed by atoms with Crippen molar-refractivity contribution >= 4 is 0 Å². The van der Waals surface area contributed by atoms with Gasteiger partial charge >= 0.3 is 0 Å². The summed E-state index contributed by atoms with van der Waals surface area (Å²) in [6.07, 6.45) is 1.91. The molecular formula is C15H20FN3O2. The first kappa shape index (κ1) is 15.6. The monoisotopic (exact) mass is 293 g/mol. The van der Waals surface area contributed by atoms with Crippen LogP contribution < -0.4 is 5.32 Å². The van der Waals surface area contributed by atoms with Crippen LogP contribution in [0, 0.1) is 5.82 Å². The van der Waals surface area contributed by atoms with E-state index in [0.29, 0.717) is 26.1 Å². The van der Waals surface area contributed by atoms with Crippen LogP contribution in [-0.4, -0.2) is 41.7 Å². The van der Waals surface area contributed by atoms with E-state index in [1.165, 1.54) is 12.1 Å². The van der Waals surface area contributed by atoms with Crippen molar-refractivity contribution in [2.75, 3.05) is 20.3 Å². The summed E-state index contributed by atoms with van der Waals surface area (Å²) in [5.74, 6) is -0.259. The molecule has 0 saturated carbocycles. The van der Waals surface area contributed by atoms with Gasteiger partial charge in [0.15, 0.2) is 0 Å². The number of ether oxygens (including phenoxy) is 1. The molecule has 0 aliphatic rings. The number of halogens is 1. The van der Waals surface area contributed by atoms with E-state index in [1.807, 2.05) is 0 Å². The third-order valence-electron chi connectivity index (χ3n) is 3.18. The maximum atomic E-state index is 12.9. The lowest BCUT2D eigenvalue weighted by atomic mass is 10.1. The minimum atomic E-state index is -0.455. The maximum Gasteiger partial charge on any atom is 0.123 e. The predicted molar refractivity (Wildman–Crippen MR) is 78.2 cm³/mol. The lowest BCUT2D eigenvalue weighted by molar-refractivity contribution is 0.0594. The van der Waals surface area contributed by atoms with E-state index < -0.39 is 6.10 Å². The van der Waals surface area contributed by atoms with Crippen molar-refractivity contribution in [2.45, 2.75) is 19.1 Å². The first-order chi connectivity index (χ1) is 10.2. The smallest absolute Gasteiger partial charge is 0.123 e. The summed E-state index contributed by atoms with van der Waals surface area (Å²) >= 11 is 0. The Morgan fingerprint density at radius 3 is 2.86 bits per heavy atom. The van der Waals surface area contributed by atoms with Crippen LogP contribution in [0.4, 0.5) is 4.39 Å². The molecule has 0 saturated heterocycles. The molecule has 114 valence electrons. The van der Waals surface area contributed by atoms with Crippen LogP contribution in [0.1, 0.15) is 12.0 Å². The quantitative estimate of drug-likeness (QED) is 0.648. The maximum absolute atomic E-state index is 12.9. The molecule has 0 aliphatic carbocycles. The molecule has 21 heavy (non-hydrogen) atoms. The molecule has 2 rings (SSSR count). The van der Waals surface area contributed by atoms with Crippen molar-refractivity contribution in [1.29, 1.82) is 0 Å². The number of methoxy groups -OCH3 is 1. The van der Waals surface area contributed by atoms with Gasteiger partial charge in [-0.25, -0.2) is 4.39 Å². The Hall–Kier alpha value is -1.76. The molecule has 1 aromatic heterocycles. The number of nitrogens with one attached hydrogen (secondary N) is 2. The second kappa shape index (κ2) is 7.87. The Morgan fingerprint density at radius 2 is 2.14 bits per heavy atom. The second-order valence-corrected chi connectivity index (χ2v) is 4.85. The highest BCUT2D eigenvalue weighted by Crippen LogP contribution is 2.21. The zero-order valence-corrected chi connectivity index (χ0v) is 12.0. The Morgan fingerprint density at radius 1 is 1.38 bits per heavy atom. The van der Waals surface area contributed by atoms with Gasteiger partial charge in [-0.2, -0.15) is 5.10 Å². The number of nitrogens with zero attached hydrogens (tertiary/aromatic N) is 1. The average Bonchev–Trinajstić information content (AvgIpc) is 2.93. The van der Waals surface area contributed by atoms with E-state index in [-0.39, 0.29) is 5.82 Å². The highest BCUT2D eigenvalue weighted by atomic mass is 19.1. The number of rotatable bonds is 8. The van der Waals surface area contributed by atoms with Crippen LogP contribution in [0.25, 0.3) is 11.3 Å². The Kier molecular flexibility index (Phi) is 5.86. The van der Waals surface area contributed by atoms with Crippen LogP contribution in [0.15, 0.2) is 30.5 Å². The number of benzene rings is 1. The summed E-state index contributed by atoms with van der Waals surface area (Å²) in [7, 11) is 1.57. The summed E-state index contributed by atoms with van der Waals surface area (Å²) < 4.78 is 17.8. The third kappa shape index (κ3) is 4.63. The van der Waals surface area contributed by atoms with E-state index in [4.69, 9.17) is 4.74 Å². The molecule has 0 aliphatic heterocycles. The molecule has 5 nitrogen and oxygen atoms in total. The van der Waals surface area contributed by atoms with Gasteiger partial charge in [0.25, 0.3) is 0 Å². The normalized spacial score (nSPS) is 12.5. The Bertz CT molecular complexity index is 542. The molecular weight excluding hydrogens is 273 g/mol. The first-order valence-corrected chi connectivity index (χ1v) is 6.86. The molecule has 2 aromatic rings. The third-order valence-corrected chi connectivity index (χ3v) is 3.18. The highest BCUT2D eigenvalue weighted by molar-refractivity contribution is 5.62. The number of aromatic nitrogens is 2. The zero-order valence-electron chi connectivity index (χ0n) is 12.0. The summed E-state index contributed by atoms with van der Waals surface area (Å²) in [5, 5.41) is 19.8. The number of aliphatic hydroxyl groups is 1. The Balaban J connectivity index is 1.87. The van der Waals surface area contributed by atoms with Crippen molar-refractivity contribution in [2.24, 2.45) is 0 Å². The minimum absolute atomic E-state index is 0.259. The van der Waals surface area contributed by atoms with Crippen molar-refractivity contribution in [3.63, 3.8) is 0 Å². The molecule has 0 amide bonds. The van der Waals surface area contributed by atoms with Crippen molar-refractivity contribution in [3.05, 3.63) is 41.8 Å². The molecule has 1 unspecified atom stereocenters. The summed E-state index contributed by atoms with van der Waals surface area (Å²) in [6, 6.07) is 6.28. The van der Waals surface area contributed by atoms with E-state index in [1.54, 1.807) is 25.4 Å². The van der Waals surface area contributed by atoms with Crippen LogP contribution in [0.3, 0.4) is 0 Å². The molecule has 1 aromatic carbocycles. The fourth-order valence-corrected chi connectivity index (χ4v) is 2.08. The largest absolute Gasteiger partial charge is 0.391 e.